The average molecular weight is 534 g/mol. The Kier molecular flexibility index (Phi) is 8.35. The molecule has 3 N–H and O–H groups in total. The number of hydrogen-bond donors (Lipinski definition) is 3. The van der Waals surface area contributed by atoms with Crippen molar-refractivity contribution in [3.8, 4) is 5.75 Å². The molecule has 3 fully saturated rings. The smallest absolute Gasteiger partial charge is 0.325 e. The summed E-state index contributed by atoms with van der Waals surface area (Å²) >= 11 is 0. The lowest BCUT2D eigenvalue weighted by molar-refractivity contribution is -0.133. The molecule has 5 amide bonds. The van der Waals surface area contributed by atoms with Crippen molar-refractivity contribution in [3.63, 3.8) is 0 Å². The fourth-order valence-corrected chi connectivity index (χ4v) is 6.01. The molecule has 2 aromatic carbocycles. The van der Waals surface area contributed by atoms with Crippen molar-refractivity contribution in [1.82, 2.24) is 25.8 Å². The van der Waals surface area contributed by atoms with Crippen LogP contribution >= 0.6 is 0 Å². The van der Waals surface area contributed by atoms with Gasteiger partial charge in [0.2, 0.25) is 0 Å². The molecule has 39 heavy (non-hydrogen) atoms. The van der Waals surface area contributed by atoms with Crippen LogP contribution in [0, 0.1) is 0 Å². The lowest BCUT2D eigenvalue weighted by atomic mass is 9.87. The number of nitrogens with zero attached hydrogens (tertiary/aromatic N) is 2. The van der Waals surface area contributed by atoms with Gasteiger partial charge in [-0.3, -0.25) is 9.69 Å². The molecule has 1 atom stereocenters. The van der Waals surface area contributed by atoms with Gasteiger partial charge in [-0.1, -0.05) is 55.3 Å². The number of imide groups is 1. The second-order valence-corrected chi connectivity index (χ2v) is 10.9. The molecular formula is C30H39N5O4. The van der Waals surface area contributed by atoms with Gasteiger partial charge in [0.15, 0.2) is 0 Å². The Balaban J connectivity index is 1.15. The quantitative estimate of drug-likeness (QED) is 0.424. The minimum atomic E-state index is -0.835. The second kappa shape index (κ2) is 12.1. The molecule has 208 valence electrons. The summed E-state index contributed by atoms with van der Waals surface area (Å²) in [6.45, 7) is 2.45. The monoisotopic (exact) mass is 533 g/mol. The molecule has 3 aliphatic rings. The molecule has 0 bridgehead atoms. The van der Waals surface area contributed by atoms with Crippen molar-refractivity contribution in [1.29, 1.82) is 0 Å². The van der Waals surface area contributed by atoms with Gasteiger partial charge in [0.05, 0.1) is 19.7 Å². The Morgan fingerprint density at radius 3 is 2.41 bits per heavy atom. The van der Waals surface area contributed by atoms with Crippen molar-refractivity contribution in [3.05, 3.63) is 65.7 Å². The number of piperidine rings is 1. The van der Waals surface area contributed by atoms with E-state index >= 15 is 0 Å². The van der Waals surface area contributed by atoms with Crippen LogP contribution in [0.4, 0.5) is 9.59 Å². The highest BCUT2D eigenvalue weighted by Crippen LogP contribution is 2.31. The van der Waals surface area contributed by atoms with E-state index in [1.807, 2.05) is 42.5 Å². The van der Waals surface area contributed by atoms with Crippen molar-refractivity contribution in [2.45, 2.75) is 69.1 Å². The summed E-state index contributed by atoms with van der Waals surface area (Å²) in [7, 11) is 1.61. The van der Waals surface area contributed by atoms with Crippen LogP contribution in [0.1, 0.15) is 62.1 Å². The Bertz CT molecular complexity index is 1140. The topological polar surface area (TPSA) is 103 Å². The summed E-state index contributed by atoms with van der Waals surface area (Å²) in [5.74, 6) is 0.592. The SMILES string of the molecule is COc1ccc(CN2C(=O)NC3(CCN(CC[C@H](NC(=O)NC4CCCC4)c4ccccc4)CC3)C2=O)cc1. The number of carbonyl (C=O) groups is 3. The number of rotatable bonds is 9. The number of nitrogens with one attached hydrogen (secondary N) is 3. The maximum absolute atomic E-state index is 13.4. The van der Waals surface area contributed by atoms with Gasteiger partial charge >= 0.3 is 12.1 Å². The molecule has 5 rings (SSSR count). The third kappa shape index (κ3) is 6.36. The Hall–Kier alpha value is -3.59. The van der Waals surface area contributed by atoms with Crippen LogP contribution in [0.5, 0.6) is 5.75 Å². The molecular weight excluding hydrogens is 494 g/mol. The minimum absolute atomic E-state index is 0.101. The van der Waals surface area contributed by atoms with Gasteiger partial charge in [-0.25, -0.2) is 9.59 Å². The van der Waals surface area contributed by atoms with Crippen molar-refractivity contribution in [2.24, 2.45) is 0 Å². The molecule has 9 nitrogen and oxygen atoms in total. The number of ether oxygens (including phenoxy) is 1. The lowest BCUT2D eigenvalue weighted by Gasteiger charge is -2.37. The summed E-state index contributed by atoms with van der Waals surface area (Å²) in [6, 6.07) is 17.2. The maximum Gasteiger partial charge on any atom is 0.325 e. The van der Waals surface area contributed by atoms with E-state index in [0.29, 0.717) is 25.9 Å². The normalized spacial score (nSPS) is 20.2. The number of amides is 5. The zero-order chi connectivity index (χ0) is 27.2. The molecule has 2 saturated heterocycles. The zero-order valence-corrected chi connectivity index (χ0v) is 22.7. The second-order valence-electron chi connectivity index (χ2n) is 10.9. The van der Waals surface area contributed by atoms with E-state index in [4.69, 9.17) is 4.74 Å². The minimum Gasteiger partial charge on any atom is -0.497 e. The van der Waals surface area contributed by atoms with Gasteiger partial charge in [-0.2, -0.15) is 0 Å². The van der Waals surface area contributed by atoms with Crippen LogP contribution in [0.15, 0.2) is 54.6 Å². The Labute approximate surface area is 230 Å². The summed E-state index contributed by atoms with van der Waals surface area (Å²) in [6.07, 6.45) is 6.35. The van der Waals surface area contributed by atoms with E-state index in [1.54, 1.807) is 7.11 Å². The summed E-state index contributed by atoms with van der Waals surface area (Å²) < 4.78 is 5.20. The van der Waals surface area contributed by atoms with E-state index in [2.05, 4.69) is 33.0 Å². The number of methoxy groups -OCH3 is 1. The molecule has 1 saturated carbocycles. The number of benzene rings is 2. The highest BCUT2D eigenvalue weighted by molar-refractivity contribution is 6.07. The van der Waals surface area contributed by atoms with E-state index in [1.165, 1.54) is 17.7 Å². The first kappa shape index (κ1) is 27.0. The van der Waals surface area contributed by atoms with Crippen LogP contribution in [-0.2, 0) is 11.3 Å². The van der Waals surface area contributed by atoms with E-state index < -0.39 is 5.54 Å². The Morgan fingerprint density at radius 2 is 1.74 bits per heavy atom. The van der Waals surface area contributed by atoms with Crippen LogP contribution in [0.2, 0.25) is 0 Å². The largest absolute Gasteiger partial charge is 0.497 e. The third-order valence-corrected chi connectivity index (χ3v) is 8.39. The van der Waals surface area contributed by atoms with Gasteiger partial charge in [-0.15, -0.1) is 0 Å². The molecule has 9 heteroatoms. The average Bonchev–Trinajstić information content (AvgIpc) is 3.55. The standard InChI is InChI=1S/C30H39N5O4/c1-39-25-13-11-22(12-14-25)21-35-27(36)30(33-29(35)38)16-19-34(20-17-30)18-15-26(23-7-3-2-4-8-23)32-28(37)31-24-9-5-6-10-24/h2-4,7-8,11-14,24,26H,5-6,9-10,15-21H2,1H3,(H,33,38)(H2,31,32,37)/t26-/m0/s1. The fraction of sp³-hybridized carbons (Fsp3) is 0.500. The molecule has 0 radical (unpaired) electrons. The van der Waals surface area contributed by atoms with Gasteiger partial charge in [0.25, 0.3) is 5.91 Å². The predicted octanol–water partition coefficient (Wildman–Crippen LogP) is 3.95. The van der Waals surface area contributed by atoms with Crippen molar-refractivity contribution < 1.29 is 19.1 Å². The lowest BCUT2D eigenvalue weighted by Crippen LogP contribution is -2.55. The maximum atomic E-state index is 13.4. The summed E-state index contributed by atoms with van der Waals surface area (Å²) in [5.41, 5.74) is 1.13. The first-order valence-corrected chi connectivity index (χ1v) is 14.1. The molecule has 2 heterocycles. The number of likely N-dealkylation sites (tertiary alicyclic amines) is 1. The fourth-order valence-electron chi connectivity index (χ4n) is 6.01. The number of urea groups is 2. The third-order valence-electron chi connectivity index (χ3n) is 8.39. The van der Waals surface area contributed by atoms with Gasteiger partial charge in [-0.05, 0) is 55.4 Å². The van der Waals surface area contributed by atoms with E-state index in [0.717, 1.165) is 42.7 Å². The van der Waals surface area contributed by atoms with Crippen molar-refractivity contribution in [2.75, 3.05) is 26.7 Å². The van der Waals surface area contributed by atoms with E-state index in [9.17, 15) is 14.4 Å². The van der Waals surface area contributed by atoms with E-state index in [-0.39, 0.29) is 36.6 Å². The summed E-state index contributed by atoms with van der Waals surface area (Å²) in [5, 5.41) is 9.33. The van der Waals surface area contributed by atoms with Crippen LogP contribution < -0.4 is 20.7 Å². The van der Waals surface area contributed by atoms with Crippen LogP contribution in [-0.4, -0.2) is 66.1 Å². The molecule has 0 aromatic heterocycles. The molecule has 0 unspecified atom stereocenters. The van der Waals surface area contributed by atoms with Gasteiger partial charge in [0.1, 0.15) is 11.3 Å². The predicted molar refractivity (Wildman–Crippen MR) is 148 cm³/mol. The molecule has 2 aliphatic heterocycles. The highest BCUT2D eigenvalue weighted by atomic mass is 16.5. The number of hydrogen-bond acceptors (Lipinski definition) is 5. The van der Waals surface area contributed by atoms with Crippen LogP contribution in [0.25, 0.3) is 0 Å². The van der Waals surface area contributed by atoms with Crippen LogP contribution in [0.3, 0.4) is 0 Å². The van der Waals surface area contributed by atoms with Gasteiger partial charge < -0.3 is 25.6 Å². The first-order chi connectivity index (χ1) is 19.0. The van der Waals surface area contributed by atoms with Gasteiger partial charge in [0, 0.05) is 25.7 Å². The molecule has 1 spiro atoms. The highest BCUT2D eigenvalue weighted by Gasteiger charge is 2.52. The first-order valence-electron chi connectivity index (χ1n) is 14.1. The van der Waals surface area contributed by atoms with Crippen molar-refractivity contribution >= 4 is 18.0 Å². The molecule has 1 aliphatic carbocycles. The zero-order valence-electron chi connectivity index (χ0n) is 22.7. The summed E-state index contributed by atoms with van der Waals surface area (Å²) in [4.78, 5) is 42.6. The Morgan fingerprint density at radius 1 is 1.05 bits per heavy atom. The number of carbonyl (C=O) groups excluding carboxylic acids is 3. The molecule has 2 aromatic rings.